The molecule has 1 fully saturated rings. The molecule has 3 nitrogen and oxygen atoms in total. The van der Waals surface area contributed by atoms with Gasteiger partial charge in [0.1, 0.15) is 0 Å². The number of carbonyl (C=O) groups is 1. The van der Waals surface area contributed by atoms with Gasteiger partial charge in [-0.2, -0.15) is 0 Å². The molecule has 1 aliphatic heterocycles. The Hall–Kier alpha value is -0.900. The summed E-state index contributed by atoms with van der Waals surface area (Å²) in [6, 6.07) is 6.79. The number of nitrogens with zero attached hydrogens (tertiary/aromatic N) is 1. The minimum atomic E-state index is -0.301. The highest BCUT2D eigenvalue weighted by Crippen LogP contribution is 2.18. The fourth-order valence-corrected chi connectivity index (χ4v) is 2.36. The summed E-state index contributed by atoms with van der Waals surface area (Å²) in [6.07, 6.45) is 0.442. The van der Waals surface area contributed by atoms with E-state index in [0.29, 0.717) is 17.1 Å². The average molecular weight is 254 g/mol. The molecule has 1 heterocycles. The minimum Gasteiger partial charge on any atom is -0.392 e. The highest BCUT2D eigenvalue weighted by atomic mass is 35.5. The van der Waals surface area contributed by atoms with Crippen molar-refractivity contribution in [1.29, 1.82) is 0 Å². The molecule has 2 atom stereocenters. The van der Waals surface area contributed by atoms with Gasteiger partial charge in [0, 0.05) is 23.7 Å². The van der Waals surface area contributed by atoms with E-state index in [0.717, 1.165) is 13.0 Å². The fourth-order valence-electron chi connectivity index (χ4n) is 2.17. The Kier molecular flexibility index (Phi) is 3.82. The molecule has 0 bridgehead atoms. The lowest BCUT2D eigenvalue weighted by atomic mass is 10.0. The molecule has 1 N–H and O–H groups in total. The number of Topliss-reactive ketones (excluding diaryl/α,β-unsaturated/α-hetero) is 1. The second kappa shape index (κ2) is 5.17. The van der Waals surface area contributed by atoms with Crippen LogP contribution in [0.5, 0.6) is 0 Å². The van der Waals surface area contributed by atoms with E-state index < -0.39 is 0 Å². The van der Waals surface area contributed by atoms with E-state index in [1.807, 2.05) is 11.8 Å². The minimum absolute atomic E-state index is 0.0570. The molecule has 2 unspecified atom stereocenters. The number of hydrogen-bond acceptors (Lipinski definition) is 3. The van der Waals surface area contributed by atoms with Gasteiger partial charge >= 0.3 is 0 Å². The summed E-state index contributed by atoms with van der Waals surface area (Å²) in [4.78, 5) is 14.2. The molecule has 0 radical (unpaired) electrons. The number of ketones is 1. The maximum absolute atomic E-state index is 12.2. The van der Waals surface area contributed by atoms with Crippen LogP contribution in [0.1, 0.15) is 23.7 Å². The van der Waals surface area contributed by atoms with E-state index in [1.165, 1.54) is 0 Å². The van der Waals surface area contributed by atoms with Crippen molar-refractivity contribution < 1.29 is 9.90 Å². The molecule has 1 saturated heterocycles. The number of halogens is 1. The van der Waals surface area contributed by atoms with Gasteiger partial charge in [-0.25, -0.2) is 0 Å². The van der Waals surface area contributed by atoms with Crippen LogP contribution in [0.3, 0.4) is 0 Å². The Morgan fingerprint density at radius 3 is 2.94 bits per heavy atom. The molecule has 0 saturated carbocycles. The van der Waals surface area contributed by atoms with Crippen LogP contribution >= 0.6 is 11.6 Å². The van der Waals surface area contributed by atoms with Gasteiger partial charge in [0.05, 0.1) is 12.1 Å². The Morgan fingerprint density at radius 1 is 1.59 bits per heavy atom. The van der Waals surface area contributed by atoms with E-state index >= 15 is 0 Å². The lowest BCUT2D eigenvalue weighted by Gasteiger charge is -2.22. The highest BCUT2D eigenvalue weighted by Gasteiger charge is 2.28. The van der Waals surface area contributed by atoms with E-state index in [2.05, 4.69) is 0 Å². The molecule has 2 rings (SSSR count). The number of rotatable bonds is 3. The second-order valence-corrected chi connectivity index (χ2v) is 4.92. The number of β-amino-alcohol motifs (C(OH)–C–C–N with tert-alkyl or cyclic N) is 1. The maximum Gasteiger partial charge on any atom is 0.179 e. The van der Waals surface area contributed by atoms with Crippen LogP contribution in [0.4, 0.5) is 0 Å². The predicted octanol–water partition coefficient (Wildman–Crippen LogP) is 1.98. The first-order valence-electron chi connectivity index (χ1n) is 5.80. The largest absolute Gasteiger partial charge is 0.392 e. The van der Waals surface area contributed by atoms with Gasteiger partial charge in [0.15, 0.2) is 5.78 Å². The van der Waals surface area contributed by atoms with E-state index in [4.69, 9.17) is 11.6 Å². The van der Waals surface area contributed by atoms with Gasteiger partial charge in [-0.1, -0.05) is 23.7 Å². The molecule has 4 heteroatoms. The van der Waals surface area contributed by atoms with Crippen molar-refractivity contribution in [2.24, 2.45) is 0 Å². The van der Waals surface area contributed by atoms with Crippen molar-refractivity contribution in [3.63, 3.8) is 0 Å². The van der Waals surface area contributed by atoms with Crippen molar-refractivity contribution >= 4 is 17.4 Å². The Balaban J connectivity index is 2.09. The van der Waals surface area contributed by atoms with Crippen LogP contribution < -0.4 is 0 Å². The first-order valence-corrected chi connectivity index (χ1v) is 6.17. The van der Waals surface area contributed by atoms with E-state index in [-0.39, 0.29) is 17.9 Å². The SMILES string of the molecule is CC(C(=O)c1cccc(Cl)c1)N1CCC(O)C1. The van der Waals surface area contributed by atoms with Crippen molar-refractivity contribution in [1.82, 2.24) is 4.90 Å². The topological polar surface area (TPSA) is 40.5 Å². The van der Waals surface area contributed by atoms with E-state index in [1.54, 1.807) is 24.3 Å². The summed E-state index contributed by atoms with van der Waals surface area (Å²) >= 11 is 5.87. The van der Waals surface area contributed by atoms with Crippen molar-refractivity contribution in [3.8, 4) is 0 Å². The standard InChI is InChI=1S/C13H16ClNO2/c1-9(15-6-5-12(16)8-15)13(17)10-3-2-4-11(14)7-10/h2-4,7,9,12,16H,5-6,8H2,1H3. The quantitative estimate of drug-likeness (QED) is 0.838. The number of benzene rings is 1. The molecule has 92 valence electrons. The van der Waals surface area contributed by atoms with Crippen LogP contribution in [0.15, 0.2) is 24.3 Å². The number of likely N-dealkylation sites (tertiary alicyclic amines) is 1. The Morgan fingerprint density at radius 2 is 2.35 bits per heavy atom. The summed E-state index contributed by atoms with van der Waals surface area (Å²) in [5, 5.41) is 10.0. The normalized spacial score (nSPS) is 22.6. The second-order valence-electron chi connectivity index (χ2n) is 4.49. The van der Waals surface area contributed by atoms with Gasteiger partial charge < -0.3 is 5.11 Å². The highest BCUT2D eigenvalue weighted by molar-refractivity contribution is 6.31. The molecular formula is C13H16ClNO2. The lowest BCUT2D eigenvalue weighted by Crippen LogP contribution is -2.37. The van der Waals surface area contributed by atoms with Crippen molar-refractivity contribution in [2.45, 2.75) is 25.5 Å². The van der Waals surface area contributed by atoms with Crippen LogP contribution in [-0.4, -0.2) is 41.0 Å². The number of hydrogen-bond donors (Lipinski definition) is 1. The van der Waals surface area contributed by atoms with Gasteiger partial charge in [-0.3, -0.25) is 9.69 Å². The maximum atomic E-state index is 12.2. The zero-order chi connectivity index (χ0) is 12.4. The van der Waals surface area contributed by atoms with E-state index in [9.17, 15) is 9.90 Å². The Bertz CT molecular complexity index is 422. The molecule has 0 amide bonds. The number of aliphatic hydroxyl groups excluding tert-OH is 1. The molecular weight excluding hydrogens is 238 g/mol. The van der Waals surface area contributed by atoms with Crippen molar-refractivity contribution in [3.05, 3.63) is 34.9 Å². The molecule has 1 aliphatic rings. The lowest BCUT2D eigenvalue weighted by molar-refractivity contribution is 0.0847. The predicted molar refractivity (Wildman–Crippen MR) is 67.4 cm³/mol. The molecule has 17 heavy (non-hydrogen) atoms. The zero-order valence-electron chi connectivity index (χ0n) is 9.77. The third-order valence-corrected chi connectivity index (χ3v) is 3.47. The van der Waals surface area contributed by atoms with Gasteiger partial charge in [0.25, 0.3) is 0 Å². The summed E-state index contributed by atoms with van der Waals surface area (Å²) in [5.74, 6) is 0.0570. The number of aliphatic hydroxyl groups is 1. The van der Waals surface area contributed by atoms with Crippen LogP contribution in [-0.2, 0) is 0 Å². The molecule has 0 aromatic heterocycles. The molecule has 0 aliphatic carbocycles. The van der Waals surface area contributed by atoms with Crippen LogP contribution in [0, 0.1) is 0 Å². The summed E-state index contributed by atoms with van der Waals surface area (Å²) in [7, 11) is 0. The van der Waals surface area contributed by atoms with Gasteiger partial charge in [0.2, 0.25) is 0 Å². The summed E-state index contributed by atoms with van der Waals surface area (Å²) < 4.78 is 0. The third-order valence-electron chi connectivity index (χ3n) is 3.23. The first-order chi connectivity index (χ1) is 8.08. The summed E-state index contributed by atoms with van der Waals surface area (Å²) in [5.41, 5.74) is 0.631. The third kappa shape index (κ3) is 2.86. The van der Waals surface area contributed by atoms with Gasteiger partial charge in [-0.05, 0) is 25.5 Å². The average Bonchev–Trinajstić information content (AvgIpc) is 2.74. The monoisotopic (exact) mass is 253 g/mol. The summed E-state index contributed by atoms with van der Waals surface area (Å²) in [6.45, 7) is 3.23. The molecule has 1 aromatic carbocycles. The zero-order valence-corrected chi connectivity index (χ0v) is 10.5. The van der Waals surface area contributed by atoms with Crippen molar-refractivity contribution in [2.75, 3.05) is 13.1 Å². The van der Waals surface area contributed by atoms with Gasteiger partial charge in [-0.15, -0.1) is 0 Å². The Labute approximate surface area is 106 Å². The van der Waals surface area contributed by atoms with Crippen LogP contribution in [0.2, 0.25) is 5.02 Å². The fraction of sp³-hybridized carbons (Fsp3) is 0.462. The molecule has 0 spiro atoms. The smallest absolute Gasteiger partial charge is 0.179 e. The van der Waals surface area contributed by atoms with Crippen LogP contribution in [0.25, 0.3) is 0 Å². The number of carbonyl (C=O) groups excluding carboxylic acids is 1. The first kappa shape index (κ1) is 12.6. The molecule has 1 aromatic rings.